The molecule has 0 aliphatic carbocycles. The number of amides is 1. The molecule has 3 rings (SSSR count). The van der Waals surface area contributed by atoms with Crippen molar-refractivity contribution < 1.29 is 14.3 Å². The fraction of sp³-hybridized carbons (Fsp3) is 0.294. The minimum Gasteiger partial charge on any atom is -0.497 e. The molecule has 1 amide bonds. The van der Waals surface area contributed by atoms with E-state index in [0.29, 0.717) is 18.0 Å². The summed E-state index contributed by atoms with van der Waals surface area (Å²) in [6.07, 6.45) is 3.45. The molecule has 0 bridgehead atoms. The van der Waals surface area contributed by atoms with E-state index in [0.717, 1.165) is 29.8 Å². The molecule has 1 aliphatic rings. The lowest BCUT2D eigenvalue weighted by Crippen LogP contribution is -2.35. The van der Waals surface area contributed by atoms with E-state index in [1.807, 2.05) is 23.1 Å². The number of hydrogen-bond acceptors (Lipinski definition) is 4. The Morgan fingerprint density at radius 3 is 2.73 bits per heavy atom. The summed E-state index contributed by atoms with van der Waals surface area (Å²) in [4.78, 5) is 18.6. The van der Waals surface area contributed by atoms with Crippen LogP contribution < -0.4 is 14.4 Å². The van der Waals surface area contributed by atoms with Crippen LogP contribution in [0.4, 0.5) is 5.69 Å². The molecule has 0 saturated heterocycles. The third-order valence-electron chi connectivity index (χ3n) is 3.84. The minimum atomic E-state index is -0.0405. The maximum Gasteiger partial charge on any atom is 0.259 e. The number of aryl methyl sites for hydroxylation is 1. The number of ether oxygens (including phenoxy) is 2. The number of pyridine rings is 1. The van der Waals surface area contributed by atoms with Gasteiger partial charge in [0.25, 0.3) is 5.91 Å². The summed E-state index contributed by atoms with van der Waals surface area (Å²) in [6, 6.07) is 9.28. The average Bonchev–Trinajstić information content (AvgIpc) is 2.60. The summed E-state index contributed by atoms with van der Waals surface area (Å²) in [5.74, 6) is 1.28. The number of methoxy groups -OCH3 is 2. The molecular weight excluding hydrogens is 280 g/mol. The van der Waals surface area contributed by atoms with Crippen LogP contribution >= 0.6 is 0 Å². The molecule has 1 aromatic heterocycles. The molecule has 22 heavy (non-hydrogen) atoms. The van der Waals surface area contributed by atoms with E-state index in [1.165, 1.54) is 0 Å². The highest BCUT2D eigenvalue weighted by Crippen LogP contribution is 2.31. The maximum absolute atomic E-state index is 12.7. The normalized spacial score (nSPS) is 13.5. The zero-order chi connectivity index (χ0) is 15.5. The van der Waals surface area contributed by atoms with Gasteiger partial charge in [-0.25, -0.2) is 4.98 Å². The van der Waals surface area contributed by atoms with Gasteiger partial charge < -0.3 is 14.4 Å². The number of carbonyl (C=O) groups excluding carboxylic acids is 1. The number of fused-ring (bicyclic) bond motifs is 1. The fourth-order valence-electron chi connectivity index (χ4n) is 2.69. The summed E-state index contributed by atoms with van der Waals surface area (Å²) >= 11 is 0. The topological polar surface area (TPSA) is 51.7 Å². The molecular formula is C17H18N2O3. The van der Waals surface area contributed by atoms with Gasteiger partial charge in [0, 0.05) is 24.5 Å². The smallest absolute Gasteiger partial charge is 0.259 e. The van der Waals surface area contributed by atoms with Crippen molar-refractivity contribution in [2.24, 2.45) is 0 Å². The Hall–Kier alpha value is -2.56. The van der Waals surface area contributed by atoms with Gasteiger partial charge in [-0.2, -0.15) is 0 Å². The molecule has 2 heterocycles. The quantitative estimate of drug-likeness (QED) is 0.874. The molecule has 1 aromatic carbocycles. The molecule has 0 N–H and O–H groups in total. The molecule has 0 saturated carbocycles. The second-order valence-corrected chi connectivity index (χ2v) is 5.14. The van der Waals surface area contributed by atoms with E-state index in [4.69, 9.17) is 9.47 Å². The van der Waals surface area contributed by atoms with Crippen LogP contribution in [0.15, 0.2) is 36.5 Å². The van der Waals surface area contributed by atoms with Crippen molar-refractivity contribution in [2.45, 2.75) is 12.8 Å². The van der Waals surface area contributed by atoms with E-state index in [9.17, 15) is 4.79 Å². The second-order valence-electron chi connectivity index (χ2n) is 5.14. The van der Waals surface area contributed by atoms with Gasteiger partial charge in [-0.15, -0.1) is 0 Å². The molecule has 0 radical (unpaired) electrons. The van der Waals surface area contributed by atoms with Crippen molar-refractivity contribution >= 4 is 11.6 Å². The molecule has 2 aromatic rings. The van der Waals surface area contributed by atoms with E-state index in [-0.39, 0.29) is 5.91 Å². The summed E-state index contributed by atoms with van der Waals surface area (Å²) in [6.45, 7) is 0.712. The van der Waals surface area contributed by atoms with Crippen molar-refractivity contribution in [3.63, 3.8) is 0 Å². The van der Waals surface area contributed by atoms with Gasteiger partial charge in [0.2, 0.25) is 5.88 Å². The van der Waals surface area contributed by atoms with Gasteiger partial charge in [-0.3, -0.25) is 4.79 Å². The lowest BCUT2D eigenvalue weighted by atomic mass is 10.0. The van der Waals surface area contributed by atoms with Crippen molar-refractivity contribution in [1.82, 2.24) is 4.98 Å². The lowest BCUT2D eigenvalue weighted by Gasteiger charge is -2.29. The first-order valence-corrected chi connectivity index (χ1v) is 7.22. The van der Waals surface area contributed by atoms with Crippen LogP contribution in [-0.2, 0) is 6.42 Å². The zero-order valence-corrected chi connectivity index (χ0v) is 12.7. The molecule has 114 valence electrons. The highest BCUT2D eigenvalue weighted by Gasteiger charge is 2.24. The van der Waals surface area contributed by atoms with Crippen LogP contribution in [0, 0.1) is 0 Å². The molecule has 0 atom stereocenters. The van der Waals surface area contributed by atoms with E-state index < -0.39 is 0 Å². The lowest BCUT2D eigenvalue weighted by molar-refractivity contribution is 0.0984. The first-order chi connectivity index (χ1) is 10.7. The minimum absolute atomic E-state index is 0.0405. The molecule has 0 fully saturated rings. The van der Waals surface area contributed by atoms with Crippen molar-refractivity contribution in [2.75, 3.05) is 25.7 Å². The average molecular weight is 298 g/mol. The number of rotatable bonds is 3. The Kier molecular flexibility index (Phi) is 3.96. The molecule has 0 spiro atoms. The van der Waals surface area contributed by atoms with Gasteiger partial charge in [0.05, 0.1) is 19.8 Å². The van der Waals surface area contributed by atoms with Gasteiger partial charge in [-0.05, 0) is 42.7 Å². The second kappa shape index (κ2) is 6.05. The molecule has 5 nitrogen and oxygen atoms in total. The standard InChI is InChI=1S/C17H18N2O3/c1-21-14-6-7-15-12(10-14)4-3-9-19(15)17(20)13-5-8-16(22-2)18-11-13/h5-8,10-11H,3-4,9H2,1-2H3. The number of aromatic nitrogens is 1. The SMILES string of the molecule is COc1ccc2c(c1)CCCN2C(=O)c1ccc(OC)nc1. The van der Waals surface area contributed by atoms with Crippen LogP contribution in [0.3, 0.4) is 0 Å². The number of carbonyl (C=O) groups is 1. The molecule has 5 heteroatoms. The first kappa shape index (κ1) is 14.4. The summed E-state index contributed by atoms with van der Waals surface area (Å²) in [5.41, 5.74) is 2.65. The third-order valence-corrected chi connectivity index (χ3v) is 3.84. The Morgan fingerprint density at radius 1 is 1.18 bits per heavy atom. The Bertz CT molecular complexity index is 683. The van der Waals surface area contributed by atoms with Gasteiger partial charge in [0.1, 0.15) is 5.75 Å². The van der Waals surface area contributed by atoms with Crippen LogP contribution in [0.1, 0.15) is 22.3 Å². The number of benzene rings is 1. The number of anilines is 1. The predicted molar refractivity (Wildman–Crippen MR) is 83.8 cm³/mol. The summed E-state index contributed by atoms with van der Waals surface area (Å²) in [5, 5.41) is 0. The van der Waals surface area contributed by atoms with E-state index >= 15 is 0 Å². The summed E-state index contributed by atoms with van der Waals surface area (Å²) < 4.78 is 10.3. The number of hydrogen-bond donors (Lipinski definition) is 0. The highest BCUT2D eigenvalue weighted by molar-refractivity contribution is 6.06. The molecule has 1 aliphatic heterocycles. The van der Waals surface area contributed by atoms with Crippen molar-refractivity contribution in [3.8, 4) is 11.6 Å². The monoisotopic (exact) mass is 298 g/mol. The fourth-order valence-corrected chi connectivity index (χ4v) is 2.69. The Balaban J connectivity index is 1.90. The van der Waals surface area contributed by atoms with Gasteiger partial charge in [-0.1, -0.05) is 0 Å². The third kappa shape index (κ3) is 2.62. The van der Waals surface area contributed by atoms with E-state index in [1.54, 1.807) is 32.5 Å². The Morgan fingerprint density at radius 2 is 2.05 bits per heavy atom. The van der Waals surface area contributed by atoms with Crippen molar-refractivity contribution in [1.29, 1.82) is 0 Å². The Labute approximate surface area is 129 Å². The molecule has 0 unspecified atom stereocenters. The number of nitrogens with zero attached hydrogens (tertiary/aromatic N) is 2. The van der Waals surface area contributed by atoms with Gasteiger partial charge >= 0.3 is 0 Å². The van der Waals surface area contributed by atoms with Crippen LogP contribution in [0.25, 0.3) is 0 Å². The maximum atomic E-state index is 12.7. The summed E-state index contributed by atoms with van der Waals surface area (Å²) in [7, 11) is 3.20. The first-order valence-electron chi connectivity index (χ1n) is 7.22. The zero-order valence-electron chi connectivity index (χ0n) is 12.7. The van der Waals surface area contributed by atoms with E-state index in [2.05, 4.69) is 4.98 Å². The predicted octanol–water partition coefficient (Wildman–Crippen LogP) is 2.69. The van der Waals surface area contributed by atoms with Crippen LogP contribution in [0.2, 0.25) is 0 Å². The van der Waals surface area contributed by atoms with Crippen molar-refractivity contribution in [3.05, 3.63) is 47.7 Å². The van der Waals surface area contributed by atoms with Crippen LogP contribution in [-0.4, -0.2) is 31.7 Å². The largest absolute Gasteiger partial charge is 0.497 e. The van der Waals surface area contributed by atoms with Gasteiger partial charge in [0.15, 0.2) is 0 Å². The highest BCUT2D eigenvalue weighted by atomic mass is 16.5. The van der Waals surface area contributed by atoms with Crippen LogP contribution in [0.5, 0.6) is 11.6 Å².